The summed E-state index contributed by atoms with van der Waals surface area (Å²) < 4.78 is 7.90. The molecule has 21 heavy (non-hydrogen) atoms. The Balaban J connectivity index is 1.69. The van der Waals surface area contributed by atoms with Crippen LogP contribution in [-0.2, 0) is 6.54 Å². The molecule has 0 unspecified atom stereocenters. The molecule has 1 aliphatic rings. The molecule has 1 atom stereocenters. The van der Waals surface area contributed by atoms with Crippen molar-refractivity contribution in [2.24, 2.45) is 0 Å². The van der Waals surface area contributed by atoms with Crippen LogP contribution in [0.15, 0.2) is 53.1 Å². The molecule has 0 bridgehead atoms. The quantitative estimate of drug-likeness (QED) is 0.684. The van der Waals surface area contributed by atoms with Gasteiger partial charge in [0.1, 0.15) is 5.58 Å². The summed E-state index contributed by atoms with van der Waals surface area (Å²) >= 11 is 0. The molecule has 0 aliphatic carbocycles. The second-order valence-electron chi connectivity index (χ2n) is 5.45. The molecular weight excluding hydrogens is 264 g/mol. The van der Waals surface area contributed by atoms with Gasteiger partial charge in [-0.25, -0.2) is 0 Å². The minimum atomic E-state index is -0.0360. The molecule has 1 amide bonds. The first-order chi connectivity index (χ1) is 10.2. The summed E-state index contributed by atoms with van der Waals surface area (Å²) in [5.74, 6) is 0.384. The van der Waals surface area contributed by atoms with E-state index in [0.29, 0.717) is 12.3 Å². The van der Waals surface area contributed by atoms with Crippen LogP contribution in [0.5, 0.6) is 0 Å². The van der Waals surface area contributed by atoms with Crippen molar-refractivity contribution in [2.75, 3.05) is 6.54 Å². The van der Waals surface area contributed by atoms with Gasteiger partial charge in [-0.15, -0.1) is 0 Å². The highest BCUT2D eigenvalue weighted by Gasteiger charge is 2.29. The minimum absolute atomic E-state index is 0.0360. The topological polar surface area (TPSA) is 38.4 Å². The Bertz CT molecular complexity index is 782. The summed E-state index contributed by atoms with van der Waals surface area (Å²) in [6, 6.07) is 13.7. The lowest BCUT2D eigenvalue weighted by Gasteiger charge is -2.34. The molecule has 0 spiro atoms. The van der Waals surface area contributed by atoms with Crippen molar-refractivity contribution in [3.05, 3.63) is 60.1 Å². The number of aromatic nitrogens is 1. The SMILES string of the molecule is C[C@@H]1c2cccn2CCN1C(=O)c1cc2ccccc2o1. The summed E-state index contributed by atoms with van der Waals surface area (Å²) in [7, 11) is 0. The van der Waals surface area contributed by atoms with E-state index in [4.69, 9.17) is 4.42 Å². The van der Waals surface area contributed by atoms with Crippen molar-refractivity contribution >= 4 is 16.9 Å². The lowest BCUT2D eigenvalue weighted by molar-refractivity contribution is 0.0613. The minimum Gasteiger partial charge on any atom is -0.451 e. The van der Waals surface area contributed by atoms with E-state index >= 15 is 0 Å². The molecule has 0 radical (unpaired) electrons. The fourth-order valence-electron chi connectivity index (χ4n) is 3.09. The van der Waals surface area contributed by atoms with Crippen LogP contribution in [-0.4, -0.2) is 21.9 Å². The Morgan fingerprint density at radius 3 is 2.90 bits per heavy atom. The van der Waals surface area contributed by atoms with E-state index in [-0.39, 0.29) is 11.9 Å². The predicted octanol–water partition coefficient (Wildman–Crippen LogP) is 3.45. The molecule has 4 rings (SSSR count). The average Bonchev–Trinajstić information content (AvgIpc) is 3.13. The van der Waals surface area contributed by atoms with Gasteiger partial charge in [0.05, 0.1) is 6.04 Å². The maximum Gasteiger partial charge on any atom is 0.290 e. The zero-order chi connectivity index (χ0) is 14.4. The molecule has 0 fully saturated rings. The summed E-state index contributed by atoms with van der Waals surface area (Å²) in [5, 5.41) is 0.967. The third-order valence-corrected chi connectivity index (χ3v) is 4.24. The molecule has 106 valence electrons. The average molecular weight is 280 g/mol. The van der Waals surface area contributed by atoms with Gasteiger partial charge in [0.25, 0.3) is 5.91 Å². The highest BCUT2D eigenvalue weighted by molar-refractivity contribution is 5.96. The van der Waals surface area contributed by atoms with Crippen molar-refractivity contribution in [3.8, 4) is 0 Å². The maximum atomic E-state index is 12.7. The van der Waals surface area contributed by atoms with E-state index in [1.165, 1.54) is 5.69 Å². The molecule has 0 saturated carbocycles. The molecule has 0 saturated heterocycles. The Morgan fingerprint density at radius 1 is 1.19 bits per heavy atom. The number of benzene rings is 1. The molecule has 1 aliphatic heterocycles. The van der Waals surface area contributed by atoms with Gasteiger partial charge in [0.2, 0.25) is 0 Å². The summed E-state index contributed by atoms with van der Waals surface area (Å²) in [4.78, 5) is 14.6. The largest absolute Gasteiger partial charge is 0.451 e. The van der Waals surface area contributed by atoms with Gasteiger partial charge in [-0.1, -0.05) is 18.2 Å². The summed E-state index contributed by atoms with van der Waals surface area (Å²) in [6.07, 6.45) is 2.06. The van der Waals surface area contributed by atoms with Crippen molar-refractivity contribution in [1.29, 1.82) is 0 Å². The van der Waals surface area contributed by atoms with Crippen molar-refractivity contribution < 1.29 is 9.21 Å². The van der Waals surface area contributed by atoms with E-state index in [1.807, 2.05) is 41.3 Å². The second-order valence-corrected chi connectivity index (χ2v) is 5.45. The third kappa shape index (κ3) is 1.87. The van der Waals surface area contributed by atoms with Crippen LogP contribution in [0.4, 0.5) is 0 Å². The number of fused-ring (bicyclic) bond motifs is 2. The van der Waals surface area contributed by atoms with E-state index in [0.717, 1.165) is 17.5 Å². The zero-order valence-electron chi connectivity index (χ0n) is 11.8. The number of amides is 1. The van der Waals surface area contributed by atoms with Crippen molar-refractivity contribution in [3.63, 3.8) is 0 Å². The lowest BCUT2D eigenvalue weighted by Crippen LogP contribution is -2.40. The predicted molar refractivity (Wildman–Crippen MR) is 80.1 cm³/mol. The number of nitrogens with zero attached hydrogens (tertiary/aromatic N) is 2. The number of hydrogen-bond donors (Lipinski definition) is 0. The van der Waals surface area contributed by atoms with Crippen LogP contribution in [0, 0.1) is 0 Å². The first kappa shape index (κ1) is 12.3. The van der Waals surface area contributed by atoms with Gasteiger partial charge in [-0.2, -0.15) is 0 Å². The van der Waals surface area contributed by atoms with Gasteiger partial charge in [0, 0.05) is 30.4 Å². The Kier molecular flexibility index (Phi) is 2.64. The van der Waals surface area contributed by atoms with E-state index in [2.05, 4.69) is 23.8 Å². The van der Waals surface area contributed by atoms with Gasteiger partial charge in [0.15, 0.2) is 5.76 Å². The molecule has 0 N–H and O–H groups in total. The number of para-hydroxylation sites is 1. The molecule has 4 heteroatoms. The third-order valence-electron chi connectivity index (χ3n) is 4.24. The van der Waals surface area contributed by atoms with Gasteiger partial charge in [-0.3, -0.25) is 4.79 Å². The van der Waals surface area contributed by atoms with Crippen LogP contribution < -0.4 is 0 Å². The smallest absolute Gasteiger partial charge is 0.290 e. The van der Waals surface area contributed by atoms with Crippen LogP contribution in [0.2, 0.25) is 0 Å². The van der Waals surface area contributed by atoms with E-state index in [9.17, 15) is 4.79 Å². The van der Waals surface area contributed by atoms with E-state index in [1.54, 1.807) is 0 Å². The Hall–Kier alpha value is -2.49. The van der Waals surface area contributed by atoms with Crippen LogP contribution in [0.3, 0.4) is 0 Å². The summed E-state index contributed by atoms with van der Waals surface area (Å²) in [5.41, 5.74) is 1.93. The van der Waals surface area contributed by atoms with Crippen LogP contribution >= 0.6 is 0 Å². The molecule has 3 aromatic rings. The zero-order valence-corrected chi connectivity index (χ0v) is 11.8. The number of carbonyl (C=O) groups is 1. The number of rotatable bonds is 1. The molecular formula is C17H16N2O2. The Morgan fingerprint density at radius 2 is 2.05 bits per heavy atom. The second kappa shape index (κ2) is 4.52. The number of furan rings is 1. The molecule has 4 nitrogen and oxygen atoms in total. The van der Waals surface area contributed by atoms with Crippen molar-refractivity contribution in [2.45, 2.75) is 19.5 Å². The fraction of sp³-hybridized carbons (Fsp3) is 0.235. The van der Waals surface area contributed by atoms with Gasteiger partial charge < -0.3 is 13.9 Å². The van der Waals surface area contributed by atoms with E-state index < -0.39 is 0 Å². The van der Waals surface area contributed by atoms with Crippen molar-refractivity contribution in [1.82, 2.24) is 9.47 Å². The van der Waals surface area contributed by atoms with Crippen LogP contribution in [0.25, 0.3) is 11.0 Å². The molecule has 2 aromatic heterocycles. The first-order valence-corrected chi connectivity index (χ1v) is 7.18. The summed E-state index contributed by atoms with van der Waals surface area (Å²) in [6.45, 7) is 3.60. The normalized spacial score (nSPS) is 18.0. The first-order valence-electron chi connectivity index (χ1n) is 7.18. The number of carbonyl (C=O) groups excluding carboxylic acids is 1. The maximum absolute atomic E-state index is 12.7. The fourth-order valence-corrected chi connectivity index (χ4v) is 3.09. The highest BCUT2D eigenvalue weighted by Crippen LogP contribution is 2.28. The van der Waals surface area contributed by atoms with Gasteiger partial charge >= 0.3 is 0 Å². The molecule has 3 heterocycles. The lowest BCUT2D eigenvalue weighted by atomic mass is 10.1. The van der Waals surface area contributed by atoms with Crippen LogP contribution in [0.1, 0.15) is 29.2 Å². The Labute approximate surface area is 122 Å². The molecule has 1 aromatic carbocycles. The monoisotopic (exact) mass is 280 g/mol. The number of hydrogen-bond acceptors (Lipinski definition) is 2. The standard InChI is InChI=1S/C17H16N2O2/c1-12-14-6-4-8-18(14)9-10-19(12)17(20)16-11-13-5-2-3-7-15(13)21-16/h2-8,11-12H,9-10H2,1H3/t12-/m1/s1. The van der Waals surface area contributed by atoms with Gasteiger partial charge in [-0.05, 0) is 31.2 Å². The highest BCUT2D eigenvalue weighted by atomic mass is 16.3.